The highest BCUT2D eigenvalue weighted by atomic mass is 35.5. The van der Waals surface area contributed by atoms with Gasteiger partial charge in [-0.1, -0.05) is 11.6 Å². The zero-order chi connectivity index (χ0) is 13.3. The van der Waals surface area contributed by atoms with Gasteiger partial charge in [0.2, 0.25) is 0 Å². The van der Waals surface area contributed by atoms with Crippen molar-refractivity contribution in [1.29, 1.82) is 0 Å². The third-order valence-corrected chi connectivity index (χ3v) is 2.51. The number of hydrogen-bond acceptors (Lipinski definition) is 3. The van der Waals surface area contributed by atoms with E-state index in [0.717, 1.165) is 10.9 Å². The molecule has 1 aromatic carbocycles. The van der Waals surface area contributed by atoms with Crippen molar-refractivity contribution >= 4 is 28.7 Å². The normalized spacial score (nSPS) is 11.6. The Morgan fingerprint density at radius 2 is 2.06 bits per heavy atom. The Bertz CT molecular complexity index is 583. The number of benzene rings is 1. The molecule has 0 saturated heterocycles. The Labute approximate surface area is 110 Å². The first-order valence-corrected chi connectivity index (χ1v) is 5.90. The molecule has 0 aliphatic rings. The van der Waals surface area contributed by atoms with E-state index in [4.69, 9.17) is 21.1 Å². The van der Waals surface area contributed by atoms with E-state index in [9.17, 15) is 4.79 Å². The zero-order valence-corrected chi connectivity index (χ0v) is 11.2. The van der Waals surface area contributed by atoms with Crippen LogP contribution in [0.3, 0.4) is 0 Å². The van der Waals surface area contributed by atoms with Gasteiger partial charge in [-0.05, 0) is 32.9 Å². The van der Waals surface area contributed by atoms with Crippen molar-refractivity contribution in [2.45, 2.75) is 26.4 Å². The fraction of sp³-hybridized carbons (Fsp3) is 0.308. The summed E-state index contributed by atoms with van der Waals surface area (Å²) in [5.41, 5.74) is 0.234. The molecule has 96 valence electrons. The molecule has 0 unspecified atom stereocenters. The second kappa shape index (κ2) is 4.53. The summed E-state index contributed by atoms with van der Waals surface area (Å²) in [5.74, 6) is 0.412. The highest BCUT2D eigenvalue weighted by molar-refractivity contribution is 6.35. The van der Waals surface area contributed by atoms with Crippen molar-refractivity contribution < 1.29 is 14.3 Å². The molecular formula is C13H14ClNO3. The average molecular weight is 268 g/mol. The Morgan fingerprint density at radius 1 is 1.33 bits per heavy atom. The van der Waals surface area contributed by atoms with E-state index in [0.29, 0.717) is 10.8 Å². The van der Waals surface area contributed by atoms with Crippen molar-refractivity contribution in [3.05, 3.63) is 29.4 Å². The minimum atomic E-state index is -0.723. The van der Waals surface area contributed by atoms with Crippen LogP contribution in [0.4, 0.5) is 4.79 Å². The molecule has 1 aromatic heterocycles. The third kappa shape index (κ3) is 2.96. The molecule has 0 saturated carbocycles. The molecule has 2 rings (SSSR count). The van der Waals surface area contributed by atoms with E-state index in [1.54, 1.807) is 45.2 Å². The van der Waals surface area contributed by atoms with Crippen molar-refractivity contribution in [1.82, 2.24) is 4.98 Å². The summed E-state index contributed by atoms with van der Waals surface area (Å²) in [6, 6.07) is 5.16. The number of nitrogens with one attached hydrogen (secondary N) is 1. The molecule has 0 spiro atoms. The van der Waals surface area contributed by atoms with Gasteiger partial charge >= 0.3 is 6.16 Å². The van der Waals surface area contributed by atoms with Crippen LogP contribution >= 0.6 is 11.6 Å². The number of H-pyrrole nitrogens is 1. The van der Waals surface area contributed by atoms with Gasteiger partial charge < -0.3 is 14.5 Å². The van der Waals surface area contributed by atoms with Gasteiger partial charge in [0.15, 0.2) is 0 Å². The third-order valence-electron chi connectivity index (χ3n) is 2.19. The van der Waals surface area contributed by atoms with E-state index in [2.05, 4.69) is 4.98 Å². The zero-order valence-electron chi connectivity index (χ0n) is 10.4. The molecule has 0 aliphatic carbocycles. The maximum absolute atomic E-state index is 11.5. The van der Waals surface area contributed by atoms with Gasteiger partial charge in [0, 0.05) is 17.6 Å². The van der Waals surface area contributed by atoms with Crippen LogP contribution in [0.1, 0.15) is 20.8 Å². The van der Waals surface area contributed by atoms with E-state index >= 15 is 0 Å². The number of halogens is 1. The van der Waals surface area contributed by atoms with Gasteiger partial charge in [-0.2, -0.15) is 0 Å². The summed E-state index contributed by atoms with van der Waals surface area (Å²) < 4.78 is 10.1. The molecule has 2 aromatic rings. The molecule has 5 heteroatoms. The summed E-state index contributed by atoms with van der Waals surface area (Å²) in [7, 11) is 0. The van der Waals surface area contributed by atoms with Crippen LogP contribution in [0, 0.1) is 0 Å². The molecule has 0 bridgehead atoms. The molecule has 18 heavy (non-hydrogen) atoms. The molecular weight excluding hydrogens is 254 g/mol. The number of carbonyl (C=O) groups is 1. The number of hydrogen-bond donors (Lipinski definition) is 1. The Morgan fingerprint density at radius 3 is 2.72 bits per heavy atom. The minimum Gasteiger partial charge on any atom is -0.428 e. The maximum Gasteiger partial charge on any atom is 0.514 e. The lowest BCUT2D eigenvalue weighted by atomic mass is 10.2. The molecule has 0 aliphatic heterocycles. The summed E-state index contributed by atoms with van der Waals surface area (Å²) in [6.45, 7) is 5.34. The summed E-state index contributed by atoms with van der Waals surface area (Å²) in [4.78, 5) is 14.5. The predicted molar refractivity (Wildman–Crippen MR) is 70.2 cm³/mol. The van der Waals surface area contributed by atoms with Crippen LogP contribution < -0.4 is 4.74 Å². The minimum absolute atomic E-state index is 0.412. The van der Waals surface area contributed by atoms with Crippen LogP contribution in [0.25, 0.3) is 10.9 Å². The van der Waals surface area contributed by atoms with Crippen molar-refractivity contribution in [3.63, 3.8) is 0 Å². The molecule has 1 N–H and O–H groups in total. The van der Waals surface area contributed by atoms with Gasteiger partial charge in [0.05, 0.1) is 10.5 Å². The monoisotopic (exact) mass is 267 g/mol. The molecule has 1 heterocycles. The van der Waals surface area contributed by atoms with Gasteiger partial charge in [0.1, 0.15) is 11.4 Å². The maximum atomic E-state index is 11.5. The summed E-state index contributed by atoms with van der Waals surface area (Å²) >= 11 is 5.95. The van der Waals surface area contributed by atoms with E-state index in [-0.39, 0.29) is 0 Å². The molecule has 0 fully saturated rings. The highest BCUT2D eigenvalue weighted by Crippen LogP contribution is 2.26. The highest BCUT2D eigenvalue weighted by Gasteiger charge is 2.18. The Kier molecular flexibility index (Phi) is 3.22. The lowest BCUT2D eigenvalue weighted by Gasteiger charge is -2.18. The van der Waals surface area contributed by atoms with Crippen LogP contribution in [0.5, 0.6) is 5.75 Å². The standard InChI is InChI=1S/C13H14ClNO3/c1-13(2,3)18-12(16)17-8-4-5-9-10(14)7-15-11(9)6-8/h4-7,15H,1-3H3. The average Bonchev–Trinajstić information content (AvgIpc) is 2.57. The van der Waals surface area contributed by atoms with Crippen molar-refractivity contribution in [2.24, 2.45) is 0 Å². The number of ether oxygens (including phenoxy) is 2. The fourth-order valence-corrected chi connectivity index (χ4v) is 1.72. The van der Waals surface area contributed by atoms with Crippen LogP contribution in [-0.4, -0.2) is 16.7 Å². The quantitative estimate of drug-likeness (QED) is 0.624. The van der Waals surface area contributed by atoms with E-state index in [1.807, 2.05) is 0 Å². The fourth-order valence-electron chi connectivity index (χ4n) is 1.50. The van der Waals surface area contributed by atoms with E-state index in [1.165, 1.54) is 0 Å². The van der Waals surface area contributed by atoms with E-state index < -0.39 is 11.8 Å². The first-order valence-electron chi connectivity index (χ1n) is 5.52. The molecule has 0 radical (unpaired) electrons. The molecule has 0 amide bonds. The topological polar surface area (TPSA) is 51.3 Å². The molecule has 4 nitrogen and oxygen atoms in total. The lowest BCUT2D eigenvalue weighted by Crippen LogP contribution is -2.25. The number of aromatic nitrogens is 1. The Balaban J connectivity index is 2.15. The second-order valence-corrected chi connectivity index (χ2v) is 5.32. The van der Waals surface area contributed by atoms with Gasteiger partial charge in [-0.25, -0.2) is 4.79 Å². The summed E-state index contributed by atoms with van der Waals surface area (Å²) in [6.07, 6.45) is 0.961. The summed E-state index contributed by atoms with van der Waals surface area (Å²) in [5, 5.41) is 1.52. The van der Waals surface area contributed by atoms with Gasteiger partial charge in [-0.15, -0.1) is 0 Å². The smallest absolute Gasteiger partial charge is 0.428 e. The van der Waals surface area contributed by atoms with Crippen LogP contribution in [0.2, 0.25) is 5.02 Å². The number of fused-ring (bicyclic) bond motifs is 1. The van der Waals surface area contributed by atoms with Crippen molar-refractivity contribution in [3.8, 4) is 5.75 Å². The van der Waals surface area contributed by atoms with Crippen molar-refractivity contribution in [2.75, 3.05) is 0 Å². The van der Waals surface area contributed by atoms with Crippen LogP contribution in [-0.2, 0) is 4.74 Å². The number of rotatable bonds is 1. The SMILES string of the molecule is CC(C)(C)OC(=O)Oc1ccc2c(Cl)c[nH]c2c1. The largest absolute Gasteiger partial charge is 0.514 e. The second-order valence-electron chi connectivity index (χ2n) is 4.91. The number of aromatic amines is 1. The predicted octanol–water partition coefficient (Wildman–Crippen LogP) is 4.14. The van der Waals surface area contributed by atoms with Crippen LogP contribution in [0.15, 0.2) is 24.4 Å². The van der Waals surface area contributed by atoms with Gasteiger partial charge in [0.25, 0.3) is 0 Å². The molecule has 0 atom stereocenters. The van der Waals surface area contributed by atoms with Gasteiger partial charge in [-0.3, -0.25) is 0 Å². The first-order chi connectivity index (χ1) is 8.35. The Hall–Kier alpha value is -1.68. The first kappa shape index (κ1) is 12.8. The number of carbonyl (C=O) groups excluding carboxylic acids is 1. The lowest BCUT2D eigenvalue weighted by molar-refractivity contribution is 0.0206.